The normalized spacial score (nSPS) is 21.4. The molecule has 2 amide bonds. The first-order valence-corrected chi connectivity index (χ1v) is 9.59. The number of hydrogen-bond donors (Lipinski definition) is 2. The van der Waals surface area contributed by atoms with E-state index in [4.69, 9.17) is 5.73 Å². The van der Waals surface area contributed by atoms with Crippen LogP contribution >= 0.6 is 11.3 Å². The smallest absolute Gasteiger partial charge is 0.252 e. The van der Waals surface area contributed by atoms with Gasteiger partial charge in [-0.2, -0.15) is 0 Å². The van der Waals surface area contributed by atoms with Gasteiger partial charge in [-0.05, 0) is 30.7 Å². The Hall–Kier alpha value is -1.40. The van der Waals surface area contributed by atoms with Crippen molar-refractivity contribution >= 4 is 23.2 Å². The minimum atomic E-state index is -0.273. The number of aryl methyl sites for hydroxylation is 1. The molecule has 0 bridgehead atoms. The predicted molar refractivity (Wildman–Crippen MR) is 98.3 cm³/mol. The lowest BCUT2D eigenvalue weighted by molar-refractivity contribution is -0.118. The third kappa shape index (κ3) is 4.36. The van der Waals surface area contributed by atoms with E-state index in [1.165, 1.54) is 4.88 Å². The van der Waals surface area contributed by atoms with Crippen molar-refractivity contribution in [2.24, 2.45) is 17.6 Å². The van der Waals surface area contributed by atoms with Crippen LogP contribution in [0.4, 0.5) is 0 Å². The first kappa shape index (κ1) is 18.9. The van der Waals surface area contributed by atoms with Crippen LogP contribution in [0.1, 0.15) is 48.0 Å². The number of hydrogen-bond acceptors (Lipinski definition) is 4. The van der Waals surface area contributed by atoms with Gasteiger partial charge in [-0.3, -0.25) is 9.59 Å². The van der Waals surface area contributed by atoms with Gasteiger partial charge in [-0.1, -0.05) is 20.8 Å². The first-order valence-electron chi connectivity index (χ1n) is 8.71. The monoisotopic (exact) mass is 351 g/mol. The van der Waals surface area contributed by atoms with Crippen LogP contribution < -0.4 is 11.1 Å². The highest BCUT2D eigenvalue weighted by molar-refractivity contribution is 7.10. The van der Waals surface area contributed by atoms with Crippen molar-refractivity contribution in [3.8, 4) is 0 Å². The zero-order valence-electron chi connectivity index (χ0n) is 15.1. The van der Waals surface area contributed by atoms with Crippen molar-refractivity contribution in [2.75, 3.05) is 19.6 Å². The van der Waals surface area contributed by atoms with Crippen LogP contribution in [0.15, 0.2) is 5.38 Å². The van der Waals surface area contributed by atoms with Crippen molar-refractivity contribution < 1.29 is 9.59 Å². The summed E-state index contributed by atoms with van der Waals surface area (Å²) in [6.07, 6.45) is 1.25. The number of nitrogens with one attached hydrogen (secondary N) is 1. The number of carbonyl (C=O) groups excluding carboxylic acids is 2. The van der Waals surface area contributed by atoms with Gasteiger partial charge in [-0.25, -0.2) is 0 Å². The summed E-state index contributed by atoms with van der Waals surface area (Å²) in [5.41, 5.74) is 7.23. The fraction of sp³-hybridized carbons (Fsp3) is 0.667. The fourth-order valence-electron chi connectivity index (χ4n) is 3.55. The van der Waals surface area contributed by atoms with Crippen molar-refractivity contribution in [3.63, 3.8) is 0 Å². The van der Waals surface area contributed by atoms with Crippen LogP contribution in [-0.2, 0) is 11.2 Å². The van der Waals surface area contributed by atoms with Gasteiger partial charge in [0.2, 0.25) is 5.91 Å². The molecule has 24 heavy (non-hydrogen) atoms. The molecule has 1 aromatic heterocycles. The molecule has 0 unspecified atom stereocenters. The quantitative estimate of drug-likeness (QED) is 0.790. The van der Waals surface area contributed by atoms with Crippen LogP contribution in [0.5, 0.6) is 0 Å². The molecular formula is C18H29N3O2S. The van der Waals surface area contributed by atoms with Crippen LogP contribution in [0, 0.1) is 18.8 Å². The van der Waals surface area contributed by atoms with Gasteiger partial charge in [0.1, 0.15) is 0 Å². The van der Waals surface area contributed by atoms with Gasteiger partial charge in [0.25, 0.3) is 5.91 Å². The molecule has 2 atom stereocenters. The van der Waals surface area contributed by atoms with Crippen LogP contribution in [-0.4, -0.2) is 42.4 Å². The topological polar surface area (TPSA) is 75.4 Å². The zero-order valence-corrected chi connectivity index (χ0v) is 15.9. The highest BCUT2D eigenvalue weighted by Crippen LogP contribution is 2.26. The van der Waals surface area contributed by atoms with Crippen molar-refractivity contribution in [1.29, 1.82) is 0 Å². The molecule has 1 fully saturated rings. The predicted octanol–water partition coefficient (Wildman–Crippen LogP) is 2.18. The zero-order chi connectivity index (χ0) is 17.9. The minimum absolute atomic E-state index is 0.0311. The molecular weight excluding hydrogens is 322 g/mol. The number of nitrogens with two attached hydrogens (primary N) is 1. The Morgan fingerprint density at radius 1 is 1.42 bits per heavy atom. The fourth-order valence-corrected chi connectivity index (χ4v) is 4.49. The average molecular weight is 352 g/mol. The number of amides is 2. The average Bonchev–Trinajstić information content (AvgIpc) is 3.08. The number of likely N-dealkylation sites (tertiary alicyclic amines) is 1. The van der Waals surface area contributed by atoms with Gasteiger partial charge >= 0.3 is 0 Å². The van der Waals surface area contributed by atoms with E-state index in [0.29, 0.717) is 24.8 Å². The second-order valence-electron chi connectivity index (χ2n) is 7.00. The maximum absolute atomic E-state index is 12.7. The molecule has 2 heterocycles. The third-order valence-electron chi connectivity index (χ3n) is 4.99. The molecule has 0 radical (unpaired) electrons. The third-order valence-corrected chi connectivity index (χ3v) is 5.94. The molecule has 1 aromatic rings. The molecule has 0 aromatic carbocycles. The summed E-state index contributed by atoms with van der Waals surface area (Å²) in [7, 11) is 0. The highest BCUT2D eigenvalue weighted by atomic mass is 32.1. The van der Waals surface area contributed by atoms with Crippen molar-refractivity contribution in [2.45, 2.75) is 46.6 Å². The molecule has 0 saturated carbocycles. The SMILES string of the molecule is CCc1c(C(=O)N[C@H]2CN(CCC(N)=O)C[C@@H]2C(C)C)csc1C. The number of carbonyl (C=O) groups is 2. The number of thiophene rings is 1. The summed E-state index contributed by atoms with van der Waals surface area (Å²) in [5, 5.41) is 5.21. The summed E-state index contributed by atoms with van der Waals surface area (Å²) in [6.45, 7) is 10.9. The molecule has 134 valence electrons. The van der Waals surface area contributed by atoms with E-state index in [9.17, 15) is 9.59 Å². The van der Waals surface area contributed by atoms with Crippen LogP contribution in [0.25, 0.3) is 0 Å². The Bertz CT molecular complexity index is 597. The Balaban J connectivity index is 2.05. The van der Waals surface area contributed by atoms with E-state index in [-0.39, 0.29) is 17.9 Å². The summed E-state index contributed by atoms with van der Waals surface area (Å²) < 4.78 is 0. The molecule has 5 nitrogen and oxygen atoms in total. The second-order valence-corrected chi connectivity index (χ2v) is 8.09. The van der Waals surface area contributed by atoms with E-state index in [1.54, 1.807) is 11.3 Å². The number of rotatable bonds is 7. The number of primary amides is 1. The Morgan fingerprint density at radius 2 is 2.12 bits per heavy atom. The molecule has 2 rings (SSSR count). The molecule has 0 aliphatic carbocycles. The lowest BCUT2D eigenvalue weighted by Crippen LogP contribution is -2.42. The summed E-state index contributed by atoms with van der Waals surface area (Å²) in [5.74, 6) is 0.629. The van der Waals surface area contributed by atoms with E-state index < -0.39 is 0 Å². The minimum Gasteiger partial charge on any atom is -0.370 e. The maximum atomic E-state index is 12.7. The van der Waals surface area contributed by atoms with Gasteiger partial charge < -0.3 is 16.0 Å². The van der Waals surface area contributed by atoms with Crippen molar-refractivity contribution in [1.82, 2.24) is 10.2 Å². The standard InChI is InChI=1S/C18H29N3O2S/c1-5-13-12(4)24-10-15(13)18(23)20-16-9-21(7-6-17(19)22)8-14(16)11(2)3/h10-11,14,16H,5-9H2,1-4H3,(H2,19,22)(H,20,23)/t14-,16+/m1/s1. The van der Waals surface area contributed by atoms with Crippen molar-refractivity contribution in [3.05, 3.63) is 21.4 Å². The Labute approximate surface area is 148 Å². The van der Waals surface area contributed by atoms with Gasteiger partial charge in [0, 0.05) is 42.4 Å². The van der Waals surface area contributed by atoms with E-state index >= 15 is 0 Å². The summed E-state index contributed by atoms with van der Waals surface area (Å²) in [6, 6.07) is 0.121. The van der Waals surface area contributed by atoms with Gasteiger partial charge in [-0.15, -0.1) is 11.3 Å². The Morgan fingerprint density at radius 3 is 2.71 bits per heavy atom. The largest absolute Gasteiger partial charge is 0.370 e. The van der Waals surface area contributed by atoms with Gasteiger partial charge in [0.05, 0.1) is 5.56 Å². The molecule has 0 spiro atoms. The first-order chi connectivity index (χ1) is 11.3. The van der Waals surface area contributed by atoms with E-state index in [1.807, 2.05) is 5.38 Å². The number of nitrogens with zero attached hydrogens (tertiary/aromatic N) is 1. The summed E-state index contributed by atoms with van der Waals surface area (Å²) in [4.78, 5) is 27.2. The lowest BCUT2D eigenvalue weighted by atomic mass is 9.91. The second kappa shape index (κ2) is 8.12. The maximum Gasteiger partial charge on any atom is 0.252 e. The van der Waals surface area contributed by atoms with Crippen LogP contribution in [0.2, 0.25) is 0 Å². The Kier molecular flexibility index (Phi) is 6.40. The molecule has 1 aliphatic heterocycles. The molecule has 3 N–H and O–H groups in total. The van der Waals surface area contributed by atoms with Gasteiger partial charge in [0.15, 0.2) is 0 Å². The molecule has 6 heteroatoms. The van der Waals surface area contributed by atoms with E-state index in [2.05, 4.69) is 37.9 Å². The lowest BCUT2D eigenvalue weighted by Gasteiger charge is -2.23. The molecule has 1 saturated heterocycles. The van der Waals surface area contributed by atoms with E-state index in [0.717, 1.165) is 30.6 Å². The molecule has 1 aliphatic rings. The highest BCUT2D eigenvalue weighted by Gasteiger charge is 2.35. The summed E-state index contributed by atoms with van der Waals surface area (Å²) >= 11 is 1.64. The van der Waals surface area contributed by atoms with Crippen LogP contribution in [0.3, 0.4) is 0 Å².